The van der Waals surface area contributed by atoms with Gasteiger partial charge in [-0.2, -0.15) is 0 Å². The Balaban J connectivity index is 4.54. The van der Waals surface area contributed by atoms with Gasteiger partial charge in [-0.15, -0.1) is 0 Å². The monoisotopic (exact) mass is 823 g/mol. The lowest BCUT2D eigenvalue weighted by atomic mass is 10.0. The molecule has 57 heavy (non-hydrogen) atoms. The molecule has 328 valence electrons. The van der Waals surface area contributed by atoms with E-state index in [-0.39, 0.29) is 26.2 Å². The average molecular weight is 823 g/mol. The van der Waals surface area contributed by atoms with Crippen molar-refractivity contribution in [3.8, 4) is 0 Å². The van der Waals surface area contributed by atoms with Crippen LogP contribution in [0, 0.1) is 0 Å². The molecule has 0 radical (unpaired) electrons. The molecule has 0 aliphatic heterocycles. The maximum Gasteiger partial charge on any atom is 0.472 e. The number of rotatable bonds is 38. The van der Waals surface area contributed by atoms with Crippen LogP contribution in [0.3, 0.4) is 0 Å². The Labute approximate surface area is 347 Å². The molecule has 4 atom stereocenters. The van der Waals surface area contributed by atoms with Gasteiger partial charge in [0.15, 0.2) is 6.10 Å². The summed E-state index contributed by atoms with van der Waals surface area (Å²) in [5.74, 6) is -0.407. The number of nitrogens with zero attached hydrogens (tertiary/aromatic N) is 1. The number of likely N-dealkylation sites (N-methyl/N-ethyl adjacent to an activating group) is 1. The number of quaternary nitrogens is 1. The quantitative estimate of drug-likeness (QED) is 0.0106. The third-order valence-electron chi connectivity index (χ3n) is 8.74. The van der Waals surface area contributed by atoms with Crippen LogP contribution in [-0.4, -0.2) is 91.4 Å². The molecule has 0 saturated carbocycles. The van der Waals surface area contributed by atoms with Gasteiger partial charge in [-0.1, -0.05) is 157 Å². The van der Waals surface area contributed by atoms with Crippen LogP contribution in [0.15, 0.2) is 85.3 Å². The number of allylic oxidation sites excluding steroid dienone is 9. The minimum Gasteiger partial charge on any atom is -0.492 e. The number of hydrogen-bond donors (Lipinski definition) is 3. The van der Waals surface area contributed by atoms with Gasteiger partial charge < -0.3 is 29.1 Å². The second-order valence-electron chi connectivity index (χ2n) is 15.5. The summed E-state index contributed by atoms with van der Waals surface area (Å²) in [7, 11) is 1.56. The van der Waals surface area contributed by atoms with Crippen LogP contribution >= 0.6 is 7.82 Å². The highest BCUT2D eigenvalue weighted by molar-refractivity contribution is 7.47. The molecule has 0 fully saturated rings. The van der Waals surface area contributed by atoms with E-state index >= 15 is 0 Å². The van der Waals surface area contributed by atoms with Gasteiger partial charge in [-0.05, 0) is 51.0 Å². The number of unbranched alkanes of at least 4 members (excludes halogenated alkanes) is 12. The molecule has 1 unspecified atom stereocenters. The van der Waals surface area contributed by atoms with Crippen molar-refractivity contribution in [1.29, 1.82) is 0 Å². The fraction of sp³-hybridized carbons (Fsp3) is 0.674. The van der Waals surface area contributed by atoms with E-state index < -0.39 is 32.1 Å². The highest BCUT2D eigenvalue weighted by Crippen LogP contribution is 2.43. The molecular formula is C46H81NO9P+. The fourth-order valence-electron chi connectivity index (χ4n) is 5.27. The van der Waals surface area contributed by atoms with Crippen LogP contribution < -0.4 is 0 Å². The molecule has 0 bridgehead atoms. The van der Waals surface area contributed by atoms with Crippen molar-refractivity contribution in [2.24, 2.45) is 0 Å². The third kappa shape index (κ3) is 41.4. The largest absolute Gasteiger partial charge is 0.492 e. The second-order valence-corrected chi connectivity index (χ2v) is 16.9. The van der Waals surface area contributed by atoms with Crippen molar-refractivity contribution < 1.29 is 47.5 Å². The van der Waals surface area contributed by atoms with Gasteiger partial charge >= 0.3 is 13.8 Å². The topological polar surface area (TPSA) is 132 Å². The number of esters is 1. The van der Waals surface area contributed by atoms with Crippen molar-refractivity contribution in [2.75, 3.05) is 47.5 Å². The van der Waals surface area contributed by atoms with Gasteiger partial charge in [-0.3, -0.25) is 13.8 Å². The van der Waals surface area contributed by atoms with E-state index in [0.717, 1.165) is 25.7 Å². The number of hydrogen-bond acceptors (Lipinski definition) is 8. The van der Waals surface area contributed by atoms with E-state index in [1.165, 1.54) is 64.2 Å². The SMILES string of the molecule is CC/C=C\C[C@@H](O)/C=C/C=C\C=C\[C@@H](O)C/C=C\C/C=C\CCC(=O)OC[C@H](COP(=O)(O)OCC[N+](C)(C)C)O/C=C/CCCCCCCCCCCCCC. The average Bonchev–Trinajstić information content (AvgIpc) is 3.15. The van der Waals surface area contributed by atoms with Crippen LogP contribution in [0.25, 0.3) is 0 Å². The zero-order chi connectivity index (χ0) is 42.3. The predicted octanol–water partition coefficient (Wildman–Crippen LogP) is 10.8. The minimum atomic E-state index is -4.31. The molecule has 11 heteroatoms. The molecule has 0 aromatic heterocycles. The molecule has 3 N–H and O–H groups in total. The summed E-state index contributed by atoms with van der Waals surface area (Å²) in [4.78, 5) is 22.6. The van der Waals surface area contributed by atoms with Crippen molar-refractivity contribution in [1.82, 2.24) is 0 Å². The van der Waals surface area contributed by atoms with Crippen molar-refractivity contribution in [2.45, 2.75) is 154 Å². The number of carbonyl (C=O) groups is 1. The Morgan fingerprint density at radius 2 is 1.23 bits per heavy atom. The molecule has 0 spiro atoms. The van der Waals surface area contributed by atoms with E-state index in [2.05, 4.69) is 13.8 Å². The first-order chi connectivity index (χ1) is 27.4. The smallest absolute Gasteiger partial charge is 0.472 e. The summed E-state index contributed by atoms with van der Waals surface area (Å²) in [5.41, 5.74) is 0. The number of phosphoric ester groups is 1. The van der Waals surface area contributed by atoms with Gasteiger partial charge in [0.05, 0.1) is 46.2 Å². The number of phosphoric acid groups is 1. The van der Waals surface area contributed by atoms with Crippen molar-refractivity contribution in [3.63, 3.8) is 0 Å². The van der Waals surface area contributed by atoms with E-state index in [1.54, 1.807) is 30.6 Å². The number of ether oxygens (including phenoxy) is 2. The molecule has 0 aromatic carbocycles. The molecule has 10 nitrogen and oxygen atoms in total. The van der Waals surface area contributed by atoms with Crippen molar-refractivity contribution >= 4 is 13.8 Å². The first-order valence-corrected chi connectivity index (χ1v) is 23.1. The van der Waals surface area contributed by atoms with Gasteiger partial charge in [0.25, 0.3) is 0 Å². The molecular weight excluding hydrogens is 741 g/mol. The molecule has 0 aliphatic carbocycles. The second kappa shape index (κ2) is 37.7. The molecule has 0 aliphatic rings. The van der Waals surface area contributed by atoms with Crippen LogP contribution in [0.1, 0.15) is 136 Å². The Morgan fingerprint density at radius 1 is 0.667 bits per heavy atom. The molecule has 0 rings (SSSR count). The van der Waals surface area contributed by atoms with Crippen molar-refractivity contribution in [3.05, 3.63) is 85.3 Å². The standard InChI is InChI=1S/C46H80NO9P/c1-6-8-10-11-12-13-14-15-16-17-18-21-26-32-39-53-45(42-56-57(51,52)55-40-38-47(3,4)5)41-54-46(50)37-31-23-20-19-22-28-34-44(49)36-30-25-24-29-35-43(48)33-27-9-7-2/h9,20,22-25,27-30,32,35-36,39,43-45,48-49H,6-8,10-19,21,26,31,33-34,37-38,40-42H2,1-5H3/p+1/b23-20-,25-24-,27-9-,28-22-,35-29+,36-30+,39-32+/t43-,44+,45-/m1/s1. The lowest BCUT2D eigenvalue weighted by Gasteiger charge is -2.24. The number of aliphatic hydroxyl groups is 2. The lowest BCUT2D eigenvalue weighted by Crippen LogP contribution is -2.37. The van der Waals surface area contributed by atoms with Crippen LogP contribution in [-0.2, 0) is 27.9 Å². The van der Waals surface area contributed by atoms with Gasteiger partial charge in [0.2, 0.25) is 0 Å². The van der Waals surface area contributed by atoms with E-state index in [4.69, 9.17) is 18.5 Å². The lowest BCUT2D eigenvalue weighted by molar-refractivity contribution is -0.870. The van der Waals surface area contributed by atoms with Crippen LogP contribution in [0.5, 0.6) is 0 Å². The van der Waals surface area contributed by atoms with E-state index in [9.17, 15) is 24.5 Å². The highest BCUT2D eigenvalue weighted by atomic mass is 31.2. The third-order valence-corrected chi connectivity index (χ3v) is 9.72. The van der Waals surface area contributed by atoms with Gasteiger partial charge in [0, 0.05) is 6.42 Å². The highest BCUT2D eigenvalue weighted by Gasteiger charge is 2.25. The fourth-order valence-corrected chi connectivity index (χ4v) is 6.01. The van der Waals surface area contributed by atoms with Crippen LogP contribution in [0.2, 0.25) is 0 Å². The summed E-state index contributed by atoms with van der Waals surface area (Å²) >= 11 is 0. The molecule has 0 aromatic rings. The maximum atomic E-state index is 12.5. The molecule has 0 heterocycles. The Morgan fingerprint density at radius 3 is 1.81 bits per heavy atom. The zero-order valence-corrected chi connectivity index (χ0v) is 37.2. The van der Waals surface area contributed by atoms with E-state index in [0.29, 0.717) is 36.7 Å². The summed E-state index contributed by atoms with van der Waals surface area (Å²) < 4.78 is 34.6. The van der Waals surface area contributed by atoms with E-state index in [1.807, 2.05) is 75.8 Å². The summed E-state index contributed by atoms with van der Waals surface area (Å²) in [6.07, 6.45) is 43.7. The summed E-state index contributed by atoms with van der Waals surface area (Å²) in [5, 5.41) is 20.0. The Hall–Kier alpha value is -2.56. The molecule has 0 saturated heterocycles. The predicted molar refractivity (Wildman–Crippen MR) is 236 cm³/mol. The Kier molecular flexibility index (Phi) is 36.0. The van der Waals surface area contributed by atoms with Gasteiger partial charge in [0.1, 0.15) is 19.8 Å². The normalized spacial score (nSPS) is 15.6. The molecule has 0 amide bonds. The van der Waals surface area contributed by atoms with Crippen LogP contribution in [0.4, 0.5) is 0 Å². The minimum absolute atomic E-state index is 0.0565. The number of aliphatic hydroxyl groups excluding tert-OH is 2. The number of carbonyl (C=O) groups excluding carboxylic acids is 1. The maximum absolute atomic E-state index is 12.5. The van der Waals surface area contributed by atoms with Gasteiger partial charge in [-0.25, -0.2) is 4.57 Å². The first-order valence-electron chi connectivity index (χ1n) is 21.6. The first kappa shape index (κ1) is 54.4. The zero-order valence-electron chi connectivity index (χ0n) is 36.3. The Bertz CT molecular complexity index is 1220. The summed E-state index contributed by atoms with van der Waals surface area (Å²) in [6.45, 7) is 4.49. The summed E-state index contributed by atoms with van der Waals surface area (Å²) in [6, 6.07) is 0.